The third kappa shape index (κ3) is 5.06. The van der Waals surface area contributed by atoms with Gasteiger partial charge in [0, 0.05) is 54.9 Å². The fraction of sp³-hybridized carbons (Fsp3) is 0.458. The second-order valence-corrected chi connectivity index (χ2v) is 10.5. The Balaban J connectivity index is 1.61. The van der Waals surface area contributed by atoms with E-state index in [4.69, 9.17) is 14.9 Å². The van der Waals surface area contributed by atoms with Gasteiger partial charge in [-0.05, 0) is 61.0 Å². The molecule has 166 valence electrons. The van der Waals surface area contributed by atoms with Crippen molar-refractivity contribution in [2.45, 2.75) is 50.5 Å². The molecule has 6 nitrogen and oxygen atoms in total. The first-order valence-electron chi connectivity index (χ1n) is 10.9. The lowest BCUT2D eigenvalue weighted by molar-refractivity contribution is -0.825. The molecule has 1 fully saturated rings. The molecule has 0 atom stereocenters. The highest BCUT2D eigenvalue weighted by molar-refractivity contribution is 8.00. The molecule has 0 spiro atoms. The lowest BCUT2D eigenvalue weighted by Gasteiger charge is -2.26. The maximum absolute atomic E-state index is 9.12. The number of rotatable bonds is 6. The number of anilines is 1. The van der Waals surface area contributed by atoms with Crippen LogP contribution in [-0.4, -0.2) is 35.0 Å². The third-order valence-electron chi connectivity index (χ3n) is 5.82. The number of fused-ring (bicyclic) bond motifs is 1. The first-order valence-corrected chi connectivity index (χ1v) is 11.7. The van der Waals surface area contributed by atoms with Crippen LogP contribution in [0.1, 0.15) is 39.4 Å². The predicted octanol–water partition coefficient (Wildman–Crippen LogP) is 4.49. The van der Waals surface area contributed by atoms with Crippen molar-refractivity contribution in [2.24, 2.45) is 5.92 Å². The monoisotopic (exact) mass is 441 g/mol. The van der Waals surface area contributed by atoms with Crippen molar-refractivity contribution in [1.82, 2.24) is 9.55 Å². The quantitative estimate of drug-likeness (QED) is 0.335. The van der Waals surface area contributed by atoms with Crippen LogP contribution in [-0.2, 0) is 16.7 Å². The van der Waals surface area contributed by atoms with Gasteiger partial charge in [0.1, 0.15) is 5.82 Å². The number of quaternary nitrogens is 1. The normalized spacial score (nSPS) is 15.5. The number of hydrogen-bond acceptors (Lipinski definition) is 5. The molecule has 1 aliphatic heterocycles. The lowest BCUT2D eigenvalue weighted by Crippen LogP contribution is -2.73. The van der Waals surface area contributed by atoms with E-state index >= 15 is 0 Å². The third-order valence-corrected chi connectivity index (χ3v) is 6.79. The Morgan fingerprint density at radius 2 is 1.87 bits per heavy atom. The van der Waals surface area contributed by atoms with Crippen molar-refractivity contribution in [3.8, 4) is 0 Å². The van der Waals surface area contributed by atoms with E-state index in [1.165, 1.54) is 5.52 Å². The molecule has 31 heavy (non-hydrogen) atoms. The Labute approximate surface area is 188 Å². The molecule has 0 amide bonds. The maximum Gasteiger partial charge on any atom is 0.161 e. The minimum Gasteiger partial charge on any atom is -0.381 e. The van der Waals surface area contributed by atoms with Crippen LogP contribution in [0.5, 0.6) is 0 Å². The highest BCUT2D eigenvalue weighted by Gasteiger charge is 2.25. The summed E-state index contributed by atoms with van der Waals surface area (Å²) >= 11 is 1.66. The fourth-order valence-electron chi connectivity index (χ4n) is 4.08. The molecule has 3 N–H and O–H groups in total. The molecule has 1 aliphatic rings. The summed E-state index contributed by atoms with van der Waals surface area (Å²) in [5, 5.41) is 9.12. The van der Waals surface area contributed by atoms with E-state index < -0.39 is 0 Å². The molecule has 0 unspecified atom stereocenters. The minimum absolute atomic E-state index is 0.0174. The van der Waals surface area contributed by atoms with Crippen molar-refractivity contribution >= 4 is 34.4 Å². The molecule has 1 saturated heterocycles. The van der Waals surface area contributed by atoms with E-state index in [0.717, 1.165) is 65.7 Å². The first-order chi connectivity index (χ1) is 14.8. The van der Waals surface area contributed by atoms with Crippen LogP contribution in [0, 0.1) is 5.92 Å². The van der Waals surface area contributed by atoms with Gasteiger partial charge < -0.3 is 13.6 Å². The van der Waals surface area contributed by atoms with Gasteiger partial charge in [-0.15, -0.1) is 0 Å². The average molecular weight is 442 g/mol. The minimum atomic E-state index is -0.0174. The smallest absolute Gasteiger partial charge is 0.161 e. The number of aromatic nitrogens is 2. The van der Waals surface area contributed by atoms with Gasteiger partial charge in [-0.3, -0.25) is 0 Å². The van der Waals surface area contributed by atoms with Crippen LogP contribution in [0.15, 0.2) is 47.4 Å². The van der Waals surface area contributed by atoms with E-state index in [1.54, 1.807) is 11.9 Å². The van der Waals surface area contributed by atoms with Gasteiger partial charge in [-0.25, -0.2) is 10.2 Å². The molecule has 2 heterocycles. The zero-order valence-electron chi connectivity index (χ0n) is 18.8. The molecule has 0 saturated carbocycles. The van der Waals surface area contributed by atoms with Crippen LogP contribution in [0.2, 0.25) is 0 Å². The van der Waals surface area contributed by atoms with E-state index in [9.17, 15) is 0 Å². The van der Waals surface area contributed by atoms with Crippen LogP contribution >= 0.6 is 11.9 Å². The van der Waals surface area contributed by atoms with Crippen LogP contribution in [0.3, 0.4) is 0 Å². The second-order valence-electron chi connectivity index (χ2n) is 9.31. The zero-order valence-corrected chi connectivity index (χ0v) is 19.7. The molecule has 0 aliphatic carbocycles. The summed E-state index contributed by atoms with van der Waals surface area (Å²) in [4.78, 5) is 6.21. The lowest BCUT2D eigenvalue weighted by atomic mass is 9.94. The summed E-state index contributed by atoms with van der Waals surface area (Å²) in [7, 11) is 2.07. The van der Waals surface area contributed by atoms with Crippen molar-refractivity contribution in [1.29, 1.82) is 0 Å². The van der Waals surface area contributed by atoms with Crippen molar-refractivity contribution in [3.05, 3.63) is 48.3 Å². The number of nitrogens with two attached hydrogens (primary N) is 1. The van der Waals surface area contributed by atoms with E-state index in [-0.39, 0.29) is 5.41 Å². The van der Waals surface area contributed by atoms with E-state index in [1.807, 2.05) is 24.3 Å². The topological polar surface area (TPSA) is 67.1 Å². The van der Waals surface area contributed by atoms with Gasteiger partial charge in [0.2, 0.25) is 0 Å². The van der Waals surface area contributed by atoms with Gasteiger partial charge in [-0.2, -0.15) is 5.48 Å². The Morgan fingerprint density at radius 1 is 1.16 bits per heavy atom. The van der Waals surface area contributed by atoms with E-state index in [2.05, 4.69) is 54.9 Å². The van der Waals surface area contributed by atoms with Crippen LogP contribution < -0.4 is 9.79 Å². The Hall–Kier alpha value is -2.06. The first kappa shape index (κ1) is 22.1. The van der Waals surface area contributed by atoms with Gasteiger partial charge in [0.05, 0.1) is 11.0 Å². The molecule has 3 aromatic rings. The standard InChI is InChI=1S/C24H32N4O2S/c1-24(2,3)23-25-21-15-19(27(4)31-20-8-5-18(26-29)6-9-20)7-10-22(21)28(23)16-17-11-13-30-14-12-17/h5-10,15,17,26,29H,11-14,16H2,1-4H3/p+1. The maximum atomic E-state index is 9.12. The number of benzene rings is 2. The molecular formula is C24H33N4O2S+. The van der Waals surface area contributed by atoms with Gasteiger partial charge >= 0.3 is 0 Å². The summed E-state index contributed by atoms with van der Waals surface area (Å²) in [6.07, 6.45) is 2.24. The van der Waals surface area contributed by atoms with Gasteiger partial charge in [0.15, 0.2) is 5.69 Å². The molecule has 2 aromatic carbocycles. The molecule has 0 radical (unpaired) electrons. The molecule has 0 bridgehead atoms. The Bertz CT molecular complexity index is 1020. The number of imidazole rings is 1. The van der Waals surface area contributed by atoms with Gasteiger partial charge in [0.25, 0.3) is 0 Å². The van der Waals surface area contributed by atoms with Crippen LogP contribution in [0.4, 0.5) is 11.4 Å². The van der Waals surface area contributed by atoms with Crippen LogP contribution in [0.25, 0.3) is 11.0 Å². The zero-order chi connectivity index (χ0) is 22.0. The highest BCUT2D eigenvalue weighted by Crippen LogP contribution is 2.33. The SMILES string of the molecule is CN(Sc1ccc([NH2+]O)cc1)c1ccc2c(c1)nc(C(C)(C)C)n2CC1CCOCC1. The van der Waals surface area contributed by atoms with E-state index in [0.29, 0.717) is 5.92 Å². The fourth-order valence-corrected chi connectivity index (χ4v) is 4.88. The predicted molar refractivity (Wildman–Crippen MR) is 126 cm³/mol. The summed E-state index contributed by atoms with van der Waals surface area (Å²) < 4.78 is 10.2. The molecule has 4 rings (SSSR count). The number of hydrogen-bond donors (Lipinski definition) is 2. The summed E-state index contributed by atoms with van der Waals surface area (Å²) in [6, 6.07) is 14.4. The Kier molecular flexibility index (Phi) is 6.57. The molecule has 1 aromatic heterocycles. The average Bonchev–Trinajstić information content (AvgIpc) is 3.13. The Morgan fingerprint density at radius 3 is 2.52 bits per heavy atom. The summed E-state index contributed by atoms with van der Waals surface area (Å²) in [6.45, 7) is 9.46. The van der Waals surface area contributed by atoms with Crippen molar-refractivity contribution < 1.29 is 15.4 Å². The number of ether oxygens (including phenoxy) is 1. The summed E-state index contributed by atoms with van der Waals surface area (Å²) in [5.41, 5.74) is 5.28. The second kappa shape index (κ2) is 9.20. The summed E-state index contributed by atoms with van der Waals surface area (Å²) in [5.74, 6) is 1.79. The number of nitrogens with zero attached hydrogens (tertiary/aromatic N) is 3. The molecule has 7 heteroatoms. The largest absolute Gasteiger partial charge is 0.381 e. The van der Waals surface area contributed by atoms with Crippen molar-refractivity contribution in [3.63, 3.8) is 0 Å². The highest BCUT2D eigenvalue weighted by atomic mass is 32.2. The van der Waals surface area contributed by atoms with Crippen molar-refractivity contribution in [2.75, 3.05) is 24.6 Å². The van der Waals surface area contributed by atoms with Gasteiger partial charge in [-0.1, -0.05) is 20.8 Å². The molecular weight excluding hydrogens is 408 g/mol.